The highest BCUT2D eigenvalue weighted by Gasteiger charge is 2.21. The van der Waals surface area contributed by atoms with Crippen molar-refractivity contribution < 1.29 is 28.6 Å². The summed E-state index contributed by atoms with van der Waals surface area (Å²) in [4.78, 5) is 22.6. The van der Waals surface area contributed by atoms with E-state index in [2.05, 4.69) is 0 Å². The first-order valence-corrected chi connectivity index (χ1v) is 6.25. The quantitative estimate of drug-likeness (QED) is 0.636. The van der Waals surface area contributed by atoms with Gasteiger partial charge in [0.25, 0.3) is 0 Å². The lowest BCUT2D eigenvalue weighted by molar-refractivity contribution is -0.156. The molecule has 21 heavy (non-hydrogen) atoms. The first-order chi connectivity index (χ1) is 9.58. The summed E-state index contributed by atoms with van der Waals surface area (Å²) in [7, 11) is 0. The fourth-order valence-corrected chi connectivity index (χ4v) is 1.52. The van der Waals surface area contributed by atoms with E-state index >= 15 is 0 Å². The molecule has 0 aliphatic heterocycles. The summed E-state index contributed by atoms with van der Waals surface area (Å²) in [6.45, 7) is 5.10. The number of rotatable bonds is 5. The molecule has 1 unspecified atom stereocenters. The van der Waals surface area contributed by atoms with E-state index < -0.39 is 29.6 Å². The van der Waals surface area contributed by atoms with Gasteiger partial charge in [0.2, 0.25) is 0 Å². The van der Waals surface area contributed by atoms with Crippen molar-refractivity contribution >= 4 is 11.9 Å². The van der Waals surface area contributed by atoms with E-state index in [0.29, 0.717) is 0 Å². The van der Waals surface area contributed by atoms with E-state index in [9.17, 15) is 14.0 Å². The van der Waals surface area contributed by atoms with Crippen LogP contribution in [0.3, 0.4) is 0 Å². The van der Waals surface area contributed by atoms with Gasteiger partial charge in [-0.05, 0) is 32.9 Å². The van der Waals surface area contributed by atoms with E-state index in [1.165, 1.54) is 0 Å². The van der Waals surface area contributed by atoms with E-state index in [1.807, 2.05) is 0 Å². The third-order valence-corrected chi connectivity index (χ3v) is 2.24. The Morgan fingerprint density at radius 1 is 1.38 bits per heavy atom. The average Bonchev–Trinajstić information content (AvgIpc) is 2.24. The number of ether oxygens (including phenoxy) is 2. The SMILES string of the molecule is CC(C)(C)OC(=O)CC(N)Oc1cc(F)ccc1C(=O)O. The molecule has 0 amide bonds. The first kappa shape index (κ1) is 16.9. The maximum atomic E-state index is 13.1. The maximum absolute atomic E-state index is 13.1. The minimum atomic E-state index is -1.28. The average molecular weight is 299 g/mol. The zero-order valence-electron chi connectivity index (χ0n) is 12.1. The molecule has 0 spiro atoms. The van der Waals surface area contributed by atoms with Gasteiger partial charge in [-0.15, -0.1) is 0 Å². The van der Waals surface area contributed by atoms with E-state index in [4.69, 9.17) is 20.3 Å². The van der Waals surface area contributed by atoms with Gasteiger partial charge in [0.15, 0.2) is 6.23 Å². The molecule has 0 heterocycles. The van der Waals surface area contributed by atoms with Crippen LogP contribution >= 0.6 is 0 Å². The maximum Gasteiger partial charge on any atom is 0.339 e. The second-order valence-corrected chi connectivity index (χ2v) is 5.39. The summed E-state index contributed by atoms with van der Waals surface area (Å²) in [5.41, 5.74) is 4.70. The molecule has 6 nitrogen and oxygen atoms in total. The summed E-state index contributed by atoms with van der Waals surface area (Å²) in [5.74, 6) is -2.78. The standard InChI is InChI=1S/C14H18FNO5/c1-14(2,3)21-12(17)7-11(16)20-10-6-8(15)4-5-9(10)13(18)19/h4-6,11H,7,16H2,1-3H3,(H,18,19). The number of carboxylic acid groups (broad SMARTS) is 1. The highest BCUT2D eigenvalue weighted by atomic mass is 19.1. The number of esters is 1. The highest BCUT2D eigenvalue weighted by Crippen LogP contribution is 2.21. The molecule has 0 aliphatic carbocycles. The molecule has 1 atom stereocenters. The van der Waals surface area contributed by atoms with E-state index in [-0.39, 0.29) is 17.7 Å². The number of carbonyl (C=O) groups excluding carboxylic acids is 1. The lowest BCUT2D eigenvalue weighted by atomic mass is 10.2. The predicted molar refractivity (Wildman–Crippen MR) is 72.4 cm³/mol. The van der Waals surface area contributed by atoms with Gasteiger partial charge in [-0.2, -0.15) is 0 Å². The minimum Gasteiger partial charge on any atom is -0.478 e. The zero-order chi connectivity index (χ0) is 16.2. The van der Waals surface area contributed by atoms with Crippen LogP contribution < -0.4 is 10.5 Å². The third-order valence-electron chi connectivity index (χ3n) is 2.24. The van der Waals surface area contributed by atoms with Crippen LogP contribution in [0.4, 0.5) is 4.39 Å². The minimum absolute atomic E-state index is 0.237. The van der Waals surface area contributed by atoms with Crippen LogP contribution in [-0.4, -0.2) is 28.9 Å². The van der Waals surface area contributed by atoms with Crippen molar-refractivity contribution in [2.24, 2.45) is 5.73 Å². The van der Waals surface area contributed by atoms with Crippen LogP contribution in [0, 0.1) is 5.82 Å². The predicted octanol–water partition coefficient (Wildman–Crippen LogP) is 1.92. The lowest BCUT2D eigenvalue weighted by Crippen LogP contribution is -2.34. The molecule has 3 N–H and O–H groups in total. The number of carbonyl (C=O) groups is 2. The molecule has 0 aromatic heterocycles. The molecule has 0 saturated carbocycles. The Labute approximate surface area is 121 Å². The molecular formula is C14H18FNO5. The van der Waals surface area contributed by atoms with Crippen molar-refractivity contribution in [1.82, 2.24) is 0 Å². The summed E-state index contributed by atoms with van der Waals surface area (Å²) in [6.07, 6.45) is -1.42. The number of benzene rings is 1. The summed E-state index contributed by atoms with van der Waals surface area (Å²) < 4.78 is 23.3. The number of nitrogens with two attached hydrogens (primary N) is 1. The fourth-order valence-electron chi connectivity index (χ4n) is 1.52. The van der Waals surface area contributed by atoms with Gasteiger partial charge in [-0.25, -0.2) is 9.18 Å². The van der Waals surface area contributed by atoms with Gasteiger partial charge in [0.05, 0.1) is 6.42 Å². The molecule has 0 aliphatic rings. The molecule has 1 aromatic carbocycles. The van der Waals surface area contributed by atoms with Crippen molar-refractivity contribution in [2.75, 3.05) is 0 Å². The number of hydrogen-bond donors (Lipinski definition) is 2. The largest absolute Gasteiger partial charge is 0.478 e. The Balaban J connectivity index is 2.75. The van der Waals surface area contributed by atoms with Gasteiger partial charge in [0.1, 0.15) is 22.7 Å². The van der Waals surface area contributed by atoms with Gasteiger partial charge < -0.3 is 14.6 Å². The van der Waals surface area contributed by atoms with Crippen LogP contribution in [0.5, 0.6) is 5.75 Å². The van der Waals surface area contributed by atoms with Crippen molar-refractivity contribution in [1.29, 1.82) is 0 Å². The Bertz CT molecular complexity index is 539. The Morgan fingerprint density at radius 2 is 2.00 bits per heavy atom. The molecular weight excluding hydrogens is 281 g/mol. The van der Waals surface area contributed by atoms with E-state index in [0.717, 1.165) is 18.2 Å². The summed E-state index contributed by atoms with van der Waals surface area (Å²) in [5, 5.41) is 8.97. The fraction of sp³-hybridized carbons (Fsp3) is 0.429. The molecule has 0 bridgehead atoms. The molecule has 116 valence electrons. The van der Waals surface area contributed by atoms with Crippen LogP contribution in [0.1, 0.15) is 37.6 Å². The third kappa shape index (κ3) is 5.78. The van der Waals surface area contributed by atoms with Gasteiger partial charge in [-0.1, -0.05) is 0 Å². The van der Waals surface area contributed by atoms with Crippen LogP contribution in [-0.2, 0) is 9.53 Å². The molecule has 0 radical (unpaired) electrons. The van der Waals surface area contributed by atoms with Crippen LogP contribution in [0.2, 0.25) is 0 Å². The monoisotopic (exact) mass is 299 g/mol. The topological polar surface area (TPSA) is 98.9 Å². The Kier molecular flexibility index (Phi) is 5.26. The zero-order valence-corrected chi connectivity index (χ0v) is 12.1. The number of aromatic carboxylic acids is 1. The second-order valence-electron chi connectivity index (χ2n) is 5.39. The normalized spacial score (nSPS) is 12.6. The number of halogens is 1. The smallest absolute Gasteiger partial charge is 0.339 e. The van der Waals surface area contributed by atoms with Crippen molar-refractivity contribution in [3.05, 3.63) is 29.6 Å². The summed E-state index contributed by atoms with van der Waals surface area (Å²) >= 11 is 0. The number of hydrogen-bond acceptors (Lipinski definition) is 5. The lowest BCUT2D eigenvalue weighted by Gasteiger charge is -2.21. The molecule has 1 rings (SSSR count). The Hall–Kier alpha value is -2.15. The van der Waals surface area contributed by atoms with Crippen molar-refractivity contribution in [2.45, 2.75) is 39.0 Å². The van der Waals surface area contributed by atoms with Crippen LogP contribution in [0.15, 0.2) is 18.2 Å². The van der Waals surface area contributed by atoms with E-state index in [1.54, 1.807) is 20.8 Å². The van der Waals surface area contributed by atoms with Crippen molar-refractivity contribution in [3.63, 3.8) is 0 Å². The van der Waals surface area contributed by atoms with Crippen LogP contribution in [0.25, 0.3) is 0 Å². The number of carboxylic acids is 1. The molecule has 7 heteroatoms. The second kappa shape index (κ2) is 6.53. The molecule has 0 fully saturated rings. The summed E-state index contributed by atoms with van der Waals surface area (Å²) in [6, 6.07) is 2.96. The van der Waals surface area contributed by atoms with Gasteiger partial charge >= 0.3 is 11.9 Å². The molecule has 0 saturated heterocycles. The highest BCUT2D eigenvalue weighted by molar-refractivity contribution is 5.90. The first-order valence-electron chi connectivity index (χ1n) is 6.25. The van der Waals surface area contributed by atoms with Gasteiger partial charge in [0, 0.05) is 6.07 Å². The molecule has 1 aromatic rings. The van der Waals surface area contributed by atoms with Crippen molar-refractivity contribution in [3.8, 4) is 5.75 Å². The Morgan fingerprint density at radius 3 is 2.52 bits per heavy atom. The van der Waals surface area contributed by atoms with Gasteiger partial charge in [-0.3, -0.25) is 10.5 Å².